The molecule has 0 aliphatic carbocycles. The van der Waals surface area contributed by atoms with Crippen molar-refractivity contribution in [3.8, 4) is 11.5 Å². The number of benzene rings is 2. The molecule has 3 rings (SSSR count). The van der Waals surface area contributed by atoms with Gasteiger partial charge in [-0.15, -0.1) is 0 Å². The minimum Gasteiger partial charge on any atom is -0.490 e. The summed E-state index contributed by atoms with van der Waals surface area (Å²) in [4.78, 5) is 9.08. The van der Waals surface area contributed by atoms with Crippen molar-refractivity contribution >= 4 is 22.5 Å². The molecular weight excluding hydrogens is 324 g/mol. The molecule has 4 nitrogen and oxygen atoms in total. The second-order valence-electron chi connectivity index (χ2n) is 5.28. The molecule has 5 heteroatoms. The molecule has 124 valence electrons. The largest absolute Gasteiger partial charge is 0.490 e. The van der Waals surface area contributed by atoms with Crippen molar-refractivity contribution in [2.24, 2.45) is 0 Å². The Hall–Kier alpha value is -2.33. The first-order valence-electron chi connectivity index (χ1n) is 8.01. The molecule has 0 aliphatic heterocycles. The summed E-state index contributed by atoms with van der Waals surface area (Å²) in [6.07, 6.45) is 0.633. The number of halogens is 1. The fraction of sp³-hybridized carbons (Fsp3) is 0.263. The second kappa shape index (κ2) is 7.49. The van der Waals surface area contributed by atoms with Gasteiger partial charge >= 0.3 is 0 Å². The number of hydrogen-bond acceptors (Lipinski definition) is 4. The molecule has 1 heterocycles. The first kappa shape index (κ1) is 16.5. The topological polar surface area (TPSA) is 44.2 Å². The monoisotopic (exact) mass is 342 g/mol. The van der Waals surface area contributed by atoms with E-state index in [0.29, 0.717) is 42.1 Å². The second-order valence-corrected chi connectivity index (χ2v) is 5.63. The van der Waals surface area contributed by atoms with Crippen molar-refractivity contribution in [2.75, 3.05) is 13.2 Å². The molecule has 0 N–H and O–H groups in total. The minimum atomic E-state index is 0.426. The van der Waals surface area contributed by atoms with E-state index in [1.54, 1.807) is 0 Å². The summed E-state index contributed by atoms with van der Waals surface area (Å²) in [5.74, 6) is 2.02. The van der Waals surface area contributed by atoms with Crippen molar-refractivity contribution in [3.05, 3.63) is 59.0 Å². The van der Waals surface area contributed by atoms with Gasteiger partial charge in [0.05, 0.1) is 18.7 Å². The van der Waals surface area contributed by atoms with Gasteiger partial charge in [0.2, 0.25) is 0 Å². The van der Waals surface area contributed by atoms with Crippen LogP contribution >= 0.6 is 11.6 Å². The number of ether oxygens (including phenoxy) is 2. The van der Waals surface area contributed by atoms with Crippen LogP contribution in [0.4, 0.5) is 0 Å². The molecule has 0 fully saturated rings. The van der Waals surface area contributed by atoms with Gasteiger partial charge in [-0.25, -0.2) is 9.97 Å². The lowest BCUT2D eigenvalue weighted by atomic mass is 10.1. The molecule has 0 radical (unpaired) electrons. The van der Waals surface area contributed by atoms with Crippen LogP contribution in [0.15, 0.2) is 42.5 Å². The molecule has 0 atom stereocenters. The molecule has 0 amide bonds. The van der Waals surface area contributed by atoms with Gasteiger partial charge in [-0.3, -0.25) is 0 Å². The first-order valence-corrected chi connectivity index (χ1v) is 8.38. The third kappa shape index (κ3) is 3.60. The molecule has 2 aromatic carbocycles. The molecule has 0 aliphatic rings. The lowest BCUT2D eigenvalue weighted by molar-refractivity contribution is 0.288. The van der Waals surface area contributed by atoms with Crippen molar-refractivity contribution in [3.63, 3.8) is 0 Å². The van der Waals surface area contributed by atoms with Gasteiger partial charge in [0.25, 0.3) is 0 Å². The normalized spacial score (nSPS) is 10.8. The van der Waals surface area contributed by atoms with Crippen LogP contribution in [0.1, 0.15) is 25.2 Å². The van der Waals surface area contributed by atoms with Crippen LogP contribution in [0.25, 0.3) is 10.9 Å². The minimum absolute atomic E-state index is 0.426. The van der Waals surface area contributed by atoms with E-state index in [2.05, 4.69) is 9.97 Å². The lowest BCUT2D eigenvalue weighted by Crippen LogP contribution is -2.01. The molecule has 1 aromatic heterocycles. The molecule has 3 aromatic rings. The average molecular weight is 343 g/mol. The fourth-order valence-corrected chi connectivity index (χ4v) is 2.79. The highest BCUT2D eigenvalue weighted by atomic mass is 35.5. The first-order chi connectivity index (χ1) is 11.7. The molecule has 0 bridgehead atoms. The Balaban J connectivity index is 2.04. The van der Waals surface area contributed by atoms with Crippen LogP contribution in [-0.2, 0) is 6.42 Å². The van der Waals surface area contributed by atoms with Crippen molar-refractivity contribution in [1.82, 2.24) is 9.97 Å². The fourth-order valence-electron chi connectivity index (χ4n) is 2.54. The van der Waals surface area contributed by atoms with Gasteiger partial charge in [-0.05, 0) is 25.5 Å². The molecule has 0 spiro atoms. The summed E-state index contributed by atoms with van der Waals surface area (Å²) in [6, 6.07) is 13.8. The Kier molecular flexibility index (Phi) is 5.16. The van der Waals surface area contributed by atoms with Gasteiger partial charge in [-0.2, -0.15) is 0 Å². The van der Waals surface area contributed by atoms with E-state index < -0.39 is 0 Å². The summed E-state index contributed by atoms with van der Waals surface area (Å²) >= 11 is 6.38. The Labute approximate surface area is 146 Å². The summed E-state index contributed by atoms with van der Waals surface area (Å²) in [7, 11) is 0. The maximum absolute atomic E-state index is 6.38. The molecule has 0 saturated carbocycles. The highest BCUT2D eigenvalue weighted by molar-refractivity contribution is 6.34. The van der Waals surface area contributed by atoms with Crippen LogP contribution in [0.2, 0.25) is 5.15 Å². The quantitative estimate of drug-likeness (QED) is 0.610. The predicted molar refractivity (Wildman–Crippen MR) is 96.1 cm³/mol. The van der Waals surface area contributed by atoms with E-state index in [4.69, 9.17) is 21.1 Å². The number of nitrogens with zero attached hydrogens (tertiary/aromatic N) is 2. The number of rotatable bonds is 6. The SMILES string of the molecule is CCOc1cc2nc(Cc3ccccc3)nc(Cl)c2cc1OCC. The summed E-state index contributed by atoms with van der Waals surface area (Å²) < 4.78 is 11.3. The summed E-state index contributed by atoms with van der Waals surface area (Å²) in [6.45, 7) is 4.98. The van der Waals surface area contributed by atoms with Crippen molar-refractivity contribution in [1.29, 1.82) is 0 Å². The smallest absolute Gasteiger partial charge is 0.163 e. The van der Waals surface area contributed by atoms with Crippen LogP contribution in [0.3, 0.4) is 0 Å². The average Bonchev–Trinajstić information content (AvgIpc) is 2.57. The van der Waals surface area contributed by atoms with Crippen molar-refractivity contribution in [2.45, 2.75) is 20.3 Å². The number of hydrogen-bond donors (Lipinski definition) is 0. The Morgan fingerprint density at radius 3 is 2.25 bits per heavy atom. The molecular formula is C19H19ClN2O2. The van der Waals surface area contributed by atoms with E-state index in [0.717, 1.165) is 16.5 Å². The van der Waals surface area contributed by atoms with Gasteiger partial charge in [-0.1, -0.05) is 41.9 Å². The van der Waals surface area contributed by atoms with E-state index in [-0.39, 0.29) is 0 Å². The molecule has 24 heavy (non-hydrogen) atoms. The van der Waals surface area contributed by atoms with Gasteiger partial charge in [0.15, 0.2) is 11.5 Å². The maximum Gasteiger partial charge on any atom is 0.163 e. The van der Waals surface area contributed by atoms with Crippen LogP contribution in [0.5, 0.6) is 11.5 Å². The predicted octanol–water partition coefficient (Wildman–Crippen LogP) is 4.67. The highest BCUT2D eigenvalue weighted by Gasteiger charge is 2.13. The zero-order chi connectivity index (χ0) is 16.9. The highest BCUT2D eigenvalue weighted by Crippen LogP contribution is 2.34. The maximum atomic E-state index is 6.38. The van der Waals surface area contributed by atoms with E-state index in [9.17, 15) is 0 Å². The zero-order valence-electron chi connectivity index (χ0n) is 13.8. The van der Waals surface area contributed by atoms with Gasteiger partial charge < -0.3 is 9.47 Å². The van der Waals surface area contributed by atoms with E-state index >= 15 is 0 Å². The van der Waals surface area contributed by atoms with Crippen LogP contribution in [0, 0.1) is 0 Å². The third-order valence-corrected chi connectivity index (χ3v) is 3.85. The number of aromatic nitrogens is 2. The van der Waals surface area contributed by atoms with Crippen LogP contribution in [-0.4, -0.2) is 23.2 Å². The Morgan fingerprint density at radius 2 is 1.58 bits per heavy atom. The lowest BCUT2D eigenvalue weighted by Gasteiger charge is -2.13. The van der Waals surface area contributed by atoms with E-state index in [1.807, 2.05) is 56.3 Å². The summed E-state index contributed by atoms with van der Waals surface area (Å²) in [5, 5.41) is 1.19. The summed E-state index contributed by atoms with van der Waals surface area (Å²) in [5.41, 5.74) is 1.90. The molecule has 0 saturated heterocycles. The van der Waals surface area contributed by atoms with Crippen LogP contribution < -0.4 is 9.47 Å². The zero-order valence-corrected chi connectivity index (χ0v) is 14.5. The van der Waals surface area contributed by atoms with Crippen molar-refractivity contribution < 1.29 is 9.47 Å². The number of fused-ring (bicyclic) bond motifs is 1. The Bertz CT molecular complexity index is 838. The Morgan fingerprint density at radius 1 is 0.917 bits per heavy atom. The third-order valence-electron chi connectivity index (χ3n) is 3.57. The molecule has 0 unspecified atom stereocenters. The standard InChI is InChI=1S/C19H19ClN2O2/c1-3-23-16-11-14-15(12-17(16)24-4-2)21-18(22-19(14)20)10-13-8-6-5-7-9-13/h5-9,11-12H,3-4,10H2,1-2H3. The van der Waals surface area contributed by atoms with E-state index in [1.165, 1.54) is 0 Å². The van der Waals surface area contributed by atoms with Gasteiger partial charge in [0, 0.05) is 17.9 Å². The van der Waals surface area contributed by atoms with Gasteiger partial charge in [0.1, 0.15) is 11.0 Å².